The molecule has 1 unspecified atom stereocenters. The minimum absolute atomic E-state index is 0.344. The van der Waals surface area contributed by atoms with E-state index >= 15 is 0 Å². The highest BCUT2D eigenvalue weighted by atomic mass is 16.5. The Hall–Kier alpha value is -1.85. The lowest BCUT2D eigenvalue weighted by atomic mass is 10.00. The molecule has 1 aromatic carbocycles. The molecule has 0 radical (unpaired) electrons. The minimum Gasteiger partial charge on any atom is -0.497 e. The number of nitrogens with zero attached hydrogens (tertiary/aromatic N) is 3. The summed E-state index contributed by atoms with van der Waals surface area (Å²) in [5.41, 5.74) is 3.64. The van der Waals surface area contributed by atoms with Gasteiger partial charge in [-0.2, -0.15) is 5.10 Å². The summed E-state index contributed by atoms with van der Waals surface area (Å²) < 4.78 is 12.8. The summed E-state index contributed by atoms with van der Waals surface area (Å²) >= 11 is 0. The Morgan fingerprint density at radius 1 is 1.30 bits per heavy atom. The molecule has 1 atom stereocenters. The van der Waals surface area contributed by atoms with Gasteiger partial charge in [-0.1, -0.05) is 6.07 Å². The third-order valence-electron chi connectivity index (χ3n) is 4.52. The third kappa shape index (κ3) is 3.74. The third-order valence-corrected chi connectivity index (χ3v) is 4.52. The monoisotopic (exact) mass is 315 g/mol. The zero-order chi connectivity index (χ0) is 16.2. The van der Waals surface area contributed by atoms with Crippen molar-refractivity contribution in [1.82, 2.24) is 14.7 Å². The van der Waals surface area contributed by atoms with Gasteiger partial charge in [-0.05, 0) is 42.6 Å². The van der Waals surface area contributed by atoms with Crippen molar-refractivity contribution in [3.63, 3.8) is 0 Å². The molecule has 2 heterocycles. The molecule has 1 saturated heterocycles. The summed E-state index contributed by atoms with van der Waals surface area (Å²) in [6.07, 6.45) is 6.65. The smallest absolute Gasteiger partial charge is 0.119 e. The largest absolute Gasteiger partial charge is 0.497 e. The van der Waals surface area contributed by atoms with Gasteiger partial charge in [0.1, 0.15) is 5.75 Å². The van der Waals surface area contributed by atoms with E-state index in [9.17, 15) is 0 Å². The first-order chi connectivity index (χ1) is 11.2. The van der Waals surface area contributed by atoms with Gasteiger partial charge in [0.25, 0.3) is 0 Å². The number of piperidine rings is 1. The highest BCUT2D eigenvalue weighted by Gasteiger charge is 2.21. The first-order valence-electron chi connectivity index (χ1n) is 8.10. The maximum absolute atomic E-state index is 5.54. The standard InChI is InChI=1S/C18H25N3O2/c1-20-11-15(10-19-20)18-7-6-16(22-2)9-14(18)12-21-8-4-5-17(13-21)23-3/h6-7,9-11,17H,4-5,8,12-13H2,1-3H3. The van der Waals surface area contributed by atoms with Crippen molar-refractivity contribution in [1.29, 1.82) is 0 Å². The molecule has 0 aliphatic carbocycles. The zero-order valence-corrected chi connectivity index (χ0v) is 14.2. The Kier molecular flexibility index (Phi) is 4.98. The number of rotatable bonds is 5. The van der Waals surface area contributed by atoms with Crippen molar-refractivity contribution >= 4 is 0 Å². The molecule has 5 nitrogen and oxygen atoms in total. The highest BCUT2D eigenvalue weighted by molar-refractivity contribution is 5.67. The van der Waals surface area contributed by atoms with E-state index in [1.807, 2.05) is 24.0 Å². The van der Waals surface area contributed by atoms with E-state index in [1.165, 1.54) is 17.5 Å². The molecule has 1 aromatic heterocycles. The molecule has 0 spiro atoms. The second-order valence-corrected chi connectivity index (χ2v) is 6.16. The van der Waals surface area contributed by atoms with Crippen LogP contribution in [0, 0.1) is 0 Å². The van der Waals surface area contributed by atoms with Gasteiger partial charge in [0.05, 0.1) is 19.4 Å². The Morgan fingerprint density at radius 3 is 2.87 bits per heavy atom. The van der Waals surface area contributed by atoms with Crippen molar-refractivity contribution in [2.45, 2.75) is 25.5 Å². The predicted octanol–water partition coefficient (Wildman–Crippen LogP) is 2.71. The van der Waals surface area contributed by atoms with Gasteiger partial charge in [-0.25, -0.2) is 0 Å². The fourth-order valence-corrected chi connectivity index (χ4v) is 3.26. The van der Waals surface area contributed by atoms with Crippen LogP contribution < -0.4 is 4.74 Å². The van der Waals surface area contributed by atoms with E-state index in [-0.39, 0.29) is 0 Å². The number of hydrogen-bond acceptors (Lipinski definition) is 4. The van der Waals surface area contributed by atoms with E-state index in [4.69, 9.17) is 9.47 Å². The molecule has 5 heteroatoms. The van der Waals surface area contributed by atoms with Crippen LogP contribution in [0.25, 0.3) is 11.1 Å². The van der Waals surface area contributed by atoms with Crippen molar-refractivity contribution in [2.75, 3.05) is 27.3 Å². The van der Waals surface area contributed by atoms with Crippen LogP contribution in [0.1, 0.15) is 18.4 Å². The molecule has 23 heavy (non-hydrogen) atoms. The lowest BCUT2D eigenvalue weighted by molar-refractivity contribution is 0.0286. The molecule has 124 valence electrons. The SMILES string of the molecule is COc1ccc(-c2cnn(C)c2)c(CN2CCCC(OC)C2)c1. The summed E-state index contributed by atoms with van der Waals surface area (Å²) in [5, 5.41) is 4.30. The molecular formula is C18H25N3O2. The second kappa shape index (κ2) is 7.15. The maximum atomic E-state index is 5.54. The molecule has 2 aromatic rings. The topological polar surface area (TPSA) is 39.5 Å². The molecule has 3 rings (SSSR count). The van der Waals surface area contributed by atoms with Crippen LogP contribution in [-0.4, -0.2) is 48.1 Å². The number of aryl methyl sites for hydroxylation is 1. The number of aromatic nitrogens is 2. The summed E-state index contributed by atoms with van der Waals surface area (Å²) in [7, 11) is 5.46. The lowest BCUT2D eigenvalue weighted by Crippen LogP contribution is -2.38. The Labute approximate surface area is 137 Å². The Balaban J connectivity index is 1.86. The van der Waals surface area contributed by atoms with Crippen LogP contribution >= 0.6 is 0 Å². The average Bonchev–Trinajstić information content (AvgIpc) is 3.01. The van der Waals surface area contributed by atoms with Crippen LogP contribution in [0.2, 0.25) is 0 Å². The first-order valence-corrected chi connectivity index (χ1v) is 8.10. The number of likely N-dealkylation sites (tertiary alicyclic amines) is 1. The second-order valence-electron chi connectivity index (χ2n) is 6.16. The van der Waals surface area contributed by atoms with Crippen molar-refractivity contribution < 1.29 is 9.47 Å². The van der Waals surface area contributed by atoms with Gasteiger partial charge in [-0.15, -0.1) is 0 Å². The molecular weight excluding hydrogens is 290 g/mol. The fourth-order valence-electron chi connectivity index (χ4n) is 3.26. The minimum atomic E-state index is 0.344. The maximum Gasteiger partial charge on any atom is 0.119 e. The van der Waals surface area contributed by atoms with Gasteiger partial charge in [0.2, 0.25) is 0 Å². The van der Waals surface area contributed by atoms with Crippen molar-refractivity contribution in [3.05, 3.63) is 36.2 Å². The molecule has 0 saturated carbocycles. The molecule has 1 fully saturated rings. The molecule has 1 aliphatic heterocycles. The number of methoxy groups -OCH3 is 2. The van der Waals surface area contributed by atoms with E-state index in [2.05, 4.69) is 28.3 Å². The number of benzene rings is 1. The highest BCUT2D eigenvalue weighted by Crippen LogP contribution is 2.29. The van der Waals surface area contributed by atoms with Gasteiger partial charge < -0.3 is 9.47 Å². The number of ether oxygens (including phenoxy) is 2. The Morgan fingerprint density at radius 2 is 2.17 bits per heavy atom. The molecule has 0 bridgehead atoms. The lowest BCUT2D eigenvalue weighted by Gasteiger charge is -2.32. The van der Waals surface area contributed by atoms with Crippen molar-refractivity contribution in [3.8, 4) is 16.9 Å². The summed E-state index contributed by atoms with van der Waals surface area (Å²) in [5.74, 6) is 0.896. The molecule has 1 aliphatic rings. The Bertz CT molecular complexity index is 653. The number of hydrogen-bond donors (Lipinski definition) is 0. The zero-order valence-electron chi connectivity index (χ0n) is 14.2. The van der Waals surface area contributed by atoms with Crippen LogP contribution in [0.15, 0.2) is 30.6 Å². The quantitative estimate of drug-likeness (QED) is 0.850. The fraction of sp³-hybridized carbons (Fsp3) is 0.500. The van der Waals surface area contributed by atoms with Crippen LogP contribution in [-0.2, 0) is 18.3 Å². The summed E-state index contributed by atoms with van der Waals surface area (Å²) in [6, 6.07) is 6.28. The summed E-state index contributed by atoms with van der Waals surface area (Å²) in [6.45, 7) is 3.00. The van der Waals surface area contributed by atoms with E-state index in [1.54, 1.807) is 14.2 Å². The van der Waals surface area contributed by atoms with Gasteiger partial charge in [0, 0.05) is 39.0 Å². The van der Waals surface area contributed by atoms with Crippen molar-refractivity contribution in [2.24, 2.45) is 7.05 Å². The molecule has 0 amide bonds. The summed E-state index contributed by atoms with van der Waals surface area (Å²) in [4.78, 5) is 2.46. The van der Waals surface area contributed by atoms with Gasteiger partial charge >= 0.3 is 0 Å². The van der Waals surface area contributed by atoms with E-state index in [0.717, 1.165) is 37.4 Å². The van der Waals surface area contributed by atoms with E-state index in [0.29, 0.717) is 6.10 Å². The normalized spacial score (nSPS) is 19.0. The van der Waals surface area contributed by atoms with Crippen LogP contribution in [0.4, 0.5) is 0 Å². The van der Waals surface area contributed by atoms with Gasteiger partial charge in [-0.3, -0.25) is 9.58 Å². The van der Waals surface area contributed by atoms with Gasteiger partial charge in [0.15, 0.2) is 0 Å². The molecule has 0 N–H and O–H groups in total. The van der Waals surface area contributed by atoms with E-state index < -0.39 is 0 Å². The van der Waals surface area contributed by atoms with Crippen LogP contribution in [0.5, 0.6) is 5.75 Å². The first kappa shape index (κ1) is 16.0. The van der Waals surface area contributed by atoms with Crippen LogP contribution in [0.3, 0.4) is 0 Å². The average molecular weight is 315 g/mol. The predicted molar refractivity (Wildman–Crippen MR) is 90.5 cm³/mol.